The predicted octanol–water partition coefficient (Wildman–Crippen LogP) is 2.88. The first-order valence-electron chi connectivity index (χ1n) is 8.18. The summed E-state index contributed by atoms with van der Waals surface area (Å²) in [6, 6.07) is 5.08. The van der Waals surface area contributed by atoms with E-state index in [1.807, 2.05) is 0 Å². The molecule has 1 fully saturated rings. The molecule has 2 N–H and O–H groups in total. The van der Waals surface area contributed by atoms with Gasteiger partial charge >= 0.3 is 0 Å². The van der Waals surface area contributed by atoms with Crippen LogP contribution < -0.4 is 14.8 Å². The van der Waals surface area contributed by atoms with Gasteiger partial charge in [-0.15, -0.1) is 0 Å². The molecule has 0 atom stereocenters. The Morgan fingerprint density at radius 3 is 2.59 bits per heavy atom. The maximum absolute atomic E-state index is 12.6. The summed E-state index contributed by atoms with van der Waals surface area (Å²) in [5.41, 5.74) is 0.756. The Hall–Kier alpha value is -1.27. The lowest BCUT2D eigenvalue weighted by Crippen LogP contribution is -2.35. The van der Waals surface area contributed by atoms with Crippen LogP contribution in [-0.2, 0) is 10.0 Å². The Kier molecular flexibility index (Phi) is 4.88. The zero-order chi connectivity index (χ0) is 15.4. The summed E-state index contributed by atoms with van der Waals surface area (Å²) >= 11 is 0. The molecule has 0 bridgehead atoms. The molecule has 22 heavy (non-hydrogen) atoms. The van der Waals surface area contributed by atoms with E-state index in [9.17, 15) is 8.42 Å². The van der Waals surface area contributed by atoms with Crippen LogP contribution in [0.4, 0.5) is 5.69 Å². The first kappa shape index (κ1) is 15.6. The topological polar surface area (TPSA) is 67.4 Å². The van der Waals surface area contributed by atoms with Crippen LogP contribution in [0.1, 0.15) is 44.9 Å². The van der Waals surface area contributed by atoms with Crippen molar-refractivity contribution >= 4 is 15.7 Å². The summed E-state index contributed by atoms with van der Waals surface area (Å²) < 4.78 is 33.6. The third-order valence-electron chi connectivity index (χ3n) is 4.36. The van der Waals surface area contributed by atoms with Gasteiger partial charge in [-0.1, -0.05) is 32.1 Å². The highest BCUT2D eigenvalue weighted by molar-refractivity contribution is 7.89. The molecule has 3 rings (SSSR count). The summed E-state index contributed by atoms with van der Waals surface area (Å²) in [4.78, 5) is 0.311. The van der Waals surface area contributed by atoms with E-state index in [4.69, 9.17) is 4.74 Å². The molecule has 0 radical (unpaired) electrons. The molecule has 6 heteroatoms. The Labute approximate surface area is 132 Å². The molecule has 0 unspecified atom stereocenters. The van der Waals surface area contributed by atoms with Crippen LogP contribution in [0.2, 0.25) is 0 Å². The Morgan fingerprint density at radius 1 is 1.09 bits per heavy atom. The number of ether oxygens (including phenoxy) is 1. The minimum Gasteiger partial charge on any atom is -0.490 e. The lowest BCUT2D eigenvalue weighted by molar-refractivity contribution is 0.323. The van der Waals surface area contributed by atoms with Crippen molar-refractivity contribution in [2.75, 3.05) is 18.5 Å². The van der Waals surface area contributed by atoms with Gasteiger partial charge in [-0.3, -0.25) is 0 Å². The molecular weight excluding hydrogens is 300 g/mol. The fraction of sp³-hybridized carbons (Fsp3) is 0.625. The molecule has 1 aromatic rings. The minimum absolute atomic E-state index is 0.0607. The number of nitrogens with one attached hydrogen (secondary N) is 2. The first-order valence-corrected chi connectivity index (χ1v) is 9.66. The first-order chi connectivity index (χ1) is 10.6. The van der Waals surface area contributed by atoms with Crippen LogP contribution in [0.3, 0.4) is 0 Å². The lowest BCUT2D eigenvalue weighted by Gasteiger charge is -2.22. The van der Waals surface area contributed by atoms with Crippen LogP contribution in [0.5, 0.6) is 5.75 Å². The van der Waals surface area contributed by atoms with Crippen LogP contribution >= 0.6 is 0 Å². The standard InChI is InChI=1S/C16H24N2O3S/c19-22(20,18-13-6-4-2-1-3-5-7-13)14-8-9-16-15(12-14)17-10-11-21-16/h8-9,12-13,17-18H,1-7,10-11H2. The summed E-state index contributed by atoms with van der Waals surface area (Å²) in [7, 11) is -3.47. The number of hydrogen-bond donors (Lipinski definition) is 2. The number of benzene rings is 1. The fourth-order valence-corrected chi connectivity index (χ4v) is 4.48. The highest BCUT2D eigenvalue weighted by Gasteiger charge is 2.22. The van der Waals surface area contributed by atoms with E-state index in [2.05, 4.69) is 10.0 Å². The van der Waals surface area contributed by atoms with Gasteiger partial charge in [-0.25, -0.2) is 13.1 Å². The smallest absolute Gasteiger partial charge is 0.240 e. The summed E-state index contributed by atoms with van der Waals surface area (Å²) in [5, 5.41) is 3.18. The number of sulfonamides is 1. The maximum Gasteiger partial charge on any atom is 0.240 e. The zero-order valence-electron chi connectivity index (χ0n) is 12.8. The van der Waals surface area contributed by atoms with Gasteiger partial charge in [0.05, 0.1) is 10.6 Å². The average Bonchev–Trinajstić information content (AvgIpc) is 2.49. The van der Waals surface area contributed by atoms with Crippen LogP contribution in [0.25, 0.3) is 0 Å². The second kappa shape index (κ2) is 6.87. The van der Waals surface area contributed by atoms with Crippen LogP contribution in [0, 0.1) is 0 Å². The van der Waals surface area contributed by atoms with Gasteiger partial charge in [0.15, 0.2) is 0 Å². The van der Waals surface area contributed by atoms with E-state index in [1.54, 1.807) is 18.2 Å². The van der Waals surface area contributed by atoms with Gasteiger partial charge in [0.2, 0.25) is 10.0 Å². The molecule has 0 spiro atoms. The van der Waals surface area contributed by atoms with Crippen molar-refractivity contribution in [2.45, 2.75) is 55.9 Å². The van der Waals surface area contributed by atoms with Gasteiger partial charge < -0.3 is 10.1 Å². The van der Waals surface area contributed by atoms with Crippen molar-refractivity contribution in [1.82, 2.24) is 4.72 Å². The number of fused-ring (bicyclic) bond motifs is 1. The molecule has 0 aromatic heterocycles. The Balaban J connectivity index is 1.74. The zero-order valence-corrected chi connectivity index (χ0v) is 13.6. The number of anilines is 1. The van der Waals surface area contributed by atoms with Crippen LogP contribution in [0.15, 0.2) is 23.1 Å². The van der Waals surface area contributed by atoms with Crippen molar-refractivity contribution in [3.8, 4) is 5.75 Å². The molecule has 0 saturated heterocycles. The molecule has 1 aliphatic heterocycles. The lowest BCUT2D eigenvalue weighted by atomic mass is 9.97. The van der Waals surface area contributed by atoms with Gasteiger partial charge in [0.25, 0.3) is 0 Å². The van der Waals surface area contributed by atoms with Crippen molar-refractivity contribution < 1.29 is 13.2 Å². The van der Waals surface area contributed by atoms with E-state index in [0.29, 0.717) is 18.0 Å². The van der Waals surface area contributed by atoms with Crippen molar-refractivity contribution in [1.29, 1.82) is 0 Å². The quantitative estimate of drug-likeness (QED) is 0.897. The average molecular weight is 324 g/mol. The highest BCUT2D eigenvalue weighted by Crippen LogP contribution is 2.30. The van der Waals surface area contributed by atoms with Gasteiger partial charge in [-0.2, -0.15) is 0 Å². The summed E-state index contributed by atoms with van der Waals surface area (Å²) in [6.07, 6.45) is 7.77. The fourth-order valence-electron chi connectivity index (χ4n) is 3.15. The maximum atomic E-state index is 12.6. The predicted molar refractivity (Wildman–Crippen MR) is 86.9 cm³/mol. The molecule has 1 aliphatic carbocycles. The summed E-state index contributed by atoms with van der Waals surface area (Å²) in [6.45, 7) is 1.31. The molecule has 5 nitrogen and oxygen atoms in total. The van der Waals surface area contributed by atoms with Crippen LogP contribution in [-0.4, -0.2) is 27.6 Å². The number of hydrogen-bond acceptors (Lipinski definition) is 4. The van der Waals surface area contributed by atoms with Crippen molar-refractivity contribution in [3.63, 3.8) is 0 Å². The summed E-state index contributed by atoms with van der Waals surface area (Å²) in [5.74, 6) is 0.719. The monoisotopic (exact) mass is 324 g/mol. The van der Waals surface area contributed by atoms with Gasteiger partial charge in [0.1, 0.15) is 12.4 Å². The molecule has 1 saturated carbocycles. The van der Waals surface area contributed by atoms with E-state index in [1.165, 1.54) is 19.3 Å². The largest absolute Gasteiger partial charge is 0.490 e. The molecule has 1 aromatic carbocycles. The number of rotatable bonds is 3. The molecule has 1 heterocycles. The third kappa shape index (κ3) is 3.73. The normalized spacial score (nSPS) is 20.2. The Bertz CT molecular complexity index is 608. The van der Waals surface area contributed by atoms with Crippen molar-refractivity contribution in [3.05, 3.63) is 18.2 Å². The van der Waals surface area contributed by atoms with E-state index in [0.717, 1.165) is 37.1 Å². The van der Waals surface area contributed by atoms with Gasteiger partial charge in [-0.05, 0) is 31.0 Å². The minimum atomic E-state index is -3.47. The molecular formula is C16H24N2O3S. The molecule has 0 amide bonds. The SMILES string of the molecule is O=S(=O)(NC1CCCCCCC1)c1ccc2c(c1)NCCO2. The van der Waals surface area contributed by atoms with E-state index in [-0.39, 0.29) is 6.04 Å². The van der Waals surface area contributed by atoms with E-state index < -0.39 is 10.0 Å². The molecule has 2 aliphatic rings. The second-order valence-corrected chi connectivity index (χ2v) is 7.81. The second-order valence-electron chi connectivity index (χ2n) is 6.10. The molecule has 122 valence electrons. The van der Waals surface area contributed by atoms with Gasteiger partial charge in [0, 0.05) is 12.6 Å². The van der Waals surface area contributed by atoms with Crippen molar-refractivity contribution in [2.24, 2.45) is 0 Å². The third-order valence-corrected chi connectivity index (χ3v) is 5.88. The Morgan fingerprint density at radius 2 is 1.82 bits per heavy atom. The van der Waals surface area contributed by atoms with E-state index >= 15 is 0 Å². The highest BCUT2D eigenvalue weighted by atomic mass is 32.2.